The molecule has 0 fully saturated rings. The molecule has 0 spiro atoms. The van der Waals surface area contributed by atoms with Crippen molar-refractivity contribution in [2.24, 2.45) is 5.92 Å². The van der Waals surface area contributed by atoms with E-state index in [0.29, 0.717) is 6.42 Å². The summed E-state index contributed by atoms with van der Waals surface area (Å²) in [5.74, 6) is -0.775. The van der Waals surface area contributed by atoms with Crippen molar-refractivity contribution in [1.29, 1.82) is 0 Å². The third-order valence-corrected chi connectivity index (χ3v) is 3.26. The van der Waals surface area contributed by atoms with E-state index in [0.717, 1.165) is 12.1 Å². The van der Waals surface area contributed by atoms with Crippen LogP contribution < -0.4 is 5.32 Å². The van der Waals surface area contributed by atoms with Gasteiger partial charge < -0.3 is 10.4 Å². The van der Waals surface area contributed by atoms with Gasteiger partial charge in [0.15, 0.2) is 0 Å². The highest BCUT2D eigenvalue weighted by molar-refractivity contribution is 9.10. The summed E-state index contributed by atoms with van der Waals surface area (Å²) in [5.41, 5.74) is -1.38. The van der Waals surface area contributed by atoms with E-state index in [2.05, 4.69) is 21.2 Å². The van der Waals surface area contributed by atoms with Crippen LogP contribution in [0.15, 0.2) is 22.7 Å². The highest BCUT2D eigenvalue weighted by atomic mass is 79.9. The number of alkyl halides is 3. The molecular weight excluding hydrogens is 339 g/mol. The van der Waals surface area contributed by atoms with E-state index in [1.165, 1.54) is 6.07 Å². The van der Waals surface area contributed by atoms with Gasteiger partial charge in [0.25, 0.3) is 5.91 Å². The highest BCUT2D eigenvalue weighted by Gasteiger charge is 2.35. The lowest BCUT2D eigenvalue weighted by Crippen LogP contribution is -2.30. The zero-order chi connectivity index (χ0) is 15.3. The van der Waals surface area contributed by atoms with Crippen LogP contribution in [0, 0.1) is 5.92 Å². The van der Waals surface area contributed by atoms with Crippen LogP contribution in [-0.4, -0.2) is 24.2 Å². The zero-order valence-electron chi connectivity index (χ0n) is 10.8. The predicted octanol–water partition coefficient (Wildman–Crippen LogP) is 3.22. The van der Waals surface area contributed by atoms with Gasteiger partial charge in [-0.3, -0.25) is 4.79 Å². The number of carbonyl (C=O) groups is 1. The maximum atomic E-state index is 12.9. The molecule has 1 unspecified atom stereocenters. The lowest BCUT2D eigenvalue weighted by Gasteiger charge is -2.15. The average molecular weight is 354 g/mol. The Morgan fingerprint density at radius 2 is 2.10 bits per heavy atom. The smallest absolute Gasteiger partial charge is 0.396 e. The third kappa shape index (κ3) is 4.79. The molecule has 0 saturated carbocycles. The summed E-state index contributed by atoms with van der Waals surface area (Å²) >= 11 is 2.96. The van der Waals surface area contributed by atoms with E-state index in [-0.39, 0.29) is 23.5 Å². The number of amides is 1. The molecule has 1 atom stereocenters. The van der Waals surface area contributed by atoms with E-state index >= 15 is 0 Å². The van der Waals surface area contributed by atoms with Crippen LogP contribution in [0.5, 0.6) is 0 Å². The van der Waals surface area contributed by atoms with Crippen LogP contribution >= 0.6 is 15.9 Å². The molecule has 1 aromatic carbocycles. The molecule has 1 aromatic rings. The molecular formula is C13H15BrF3NO2. The second-order valence-electron chi connectivity index (χ2n) is 4.52. The van der Waals surface area contributed by atoms with Gasteiger partial charge in [0.05, 0.1) is 11.1 Å². The molecule has 0 saturated heterocycles. The van der Waals surface area contributed by atoms with E-state index in [1.807, 2.05) is 0 Å². The van der Waals surface area contributed by atoms with Crippen molar-refractivity contribution in [2.75, 3.05) is 13.2 Å². The number of rotatable bonds is 5. The second kappa shape index (κ2) is 7.08. The fraction of sp³-hybridized carbons (Fsp3) is 0.462. The summed E-state index contributed by atoms with van der Waals surface area (Å²) in [7, 11) is 0. The van der Waals surface area contributed by atoms with Crippen molar-refractivity contribution in [3.05, 3.63) is 33.8 Å². The van der Waals surface area contributed by atoms with Gasteiger partial charge in [0.1, 0.15) is 0 Å². The molecule has 0 aliphatic heterocycles. The number of aliphatic hydroxyl groups excluding tert-OH is 1. The summed E-state index contributed by atoms with van der Waals surface area (Å²) in [5, 5.41) is 11.2. The van der Waals surface area contributed by atoms with Crippen molar-refractivity contribution >= 4 is 21.8 Å². The Morgan fingerprint density at radius 1 is 1.45 bits per heavy atom. The summed E-state index contributed by atoms with van der Waals surface area (Å²) in [6.07, 6.45) is -4.11. The first-order valence-electron chi connectivity index (χ1n) is 6.01. The van der Waals surface area contributed by atoms with Gasteiger partial charge in [0, 0.05) is 17.6 Å². The second-order valence-corrected chi connectivity index (χ2v) is 5.43. The van der Waals surface area contributed by atoms with Crippen molar-refractivity contribution in [2.45, 2.75) is 19.5 Å². The molecule has 20 heavy (non-hydrogen) atoms. The van der Waals surface area contributed by atoms with Gasteiger partial charge in [-0.1, -0.05) is 22.9 Å². The van der Waals surface area contributed by atoms with Gasteiger partial charge in [-0.25, -0.2) is 0 Å². The SMILES string of the molecule is CC(CCO)CNC(=O)c1ccc(Br)cc1C(F)(F)F. The Labute approximate surface area is 123 Å². The number of benzene rings is 1. The van der Waals surface area contributed by atoms with Crippen LogP contribution in [0.25, 0.3) is 0 Å². The first-order chi connectivity index (χ1) is 9.25. The minimum Gasteiger partial charge on any atom is -0.396 e. The number of nitrogens with one attached hydrogen (secondary N) is 1. The van der Waals surface area contributed by atoms with E-state index in [9.17, 15) is 18.0 Å². The van der Waals surface area contributed by atoms with Crippen molar-refractivity contribution in [3.8, 4) is 0 Å². The van der Waals surface area contributed by atoms with Crippen LogP contribution in [-0.2, 0) is 6.18 Å². The predicted molar refractivity (Wildman–Crippen MR) is 72.3 cm³/mol. The Kier molecular flexibility index (Phi) is 6.01. The molecule has 1 rings (SSSR count). The molecule has 0 bridgehead atoms. The molecule has 1 amide bonds. The van der Waals surface area contributed by atoms with Crippen molar-refractivity contribution < 1.29 is 23.1 Å². The van der Waals surface area contributed by atoms with Gasteiger partial charge in [-0.2, -0.15) is 13.2 Å². The third-order valence-electron chi connectivity index (χ3n) is 2.76. The van der Waals surface area contributed by atoms with Crippen molar-refractivity contribution in [1.82, 2.24) is 5.32 Å². The van der Waals surface area contributed by atoms with E-state index < -0.39 is 23.2 Å². The molecule has 2 N–H and O–H groups in total. The van der Waals surface area contributed by atoms with Crippen molar-refractivity contribution in [3.63, 3.8) is 0 Å². The Morgan fingerprint density at radius 3 is 2.65 bits per heavy atom. The van der Waals surface area contributed by atoms with E-state index in [1.54, 1.807) is 6.92 Å². The molecule has 0 aliphatic carbocycles. The quantitative estimate of drug-likeness (QED) is 0.853. The highest BCUT2D eigenvalue weighted by Crippen LogP contribution is 2.33. The van der Waals surface area contributed by atoms with Crippen LogP contribution in [0.3, 0.4) is 0 Å². The summed E-state index contributed by atoms with van der Waals surface area (Å²) in [6.45, 7) is 1.98. The molecule has 112 valence electrons. The topological polar surface area (TPSA) is 49.3 Å². The number of carbonyl (C=O) groups excluding carboxylic acids is 1. The molecule has 0 heterocycles. The largest absolute Gasteiger partial charge is 0.417 e. The lowest BCUT2D eigenvalue weighted by atomic mass is 10.1. The average Bonchev–Trinajstić information content (AvgIpc) is 2.35. The van der Waals surface area contributed by atoms with E-state index in [4.69, 9.17) is 5.11 Å². The fourth-order valence-electron chi connectivity index (χ4n) is 1.63. The molecule has 3 nitrogen and oxygen atoms in total. The number of hydrogen-bond acceptors (Lipinski definition) is 2. The minimum absolute atomic E-state index is 0.00580. The summed E-state index contributed by atoms with van der Waals surface area (Å²) in [4.78, 5) is 11.8. The molecule has 0 aliphatic rings. The lowest BCUT2D eigenvalue weighted by molar-refractivity contribution is -0.138. The van der Waals surface area contributed by atoms with Crippen LogP contribution in [0.2, 0.25) is 0 Å². The van der Waals surface area contributed by atoms with Gasteiger partial charge in [0.2, 0.25) is 0 Å². The molecule has 0 aromatic heterocycles. The van der Waals surface area contributed by atoms with Crippen LogP contribution in [0.1, 0.15) is 29.3 Å². The number of aliphatic hydroxyl groups is 1. The van der Waals surface area contributed by atoms with Gasteiger partial charge >= 0.3 is 6.18 Å². The van der Waals surface area contributed by atoms with Gasteiger partial charge in [-0.05, 0) is 30.5 Å². The first kappa shape index (κ1) is 17.0. The number of hydrogen-bond donors (Lipinski definition) is 2. The normalized spacial score (nSPS) is 13.1. The summed E-state index contributed by atoms with van der Waals surface area (Å²) < 4.78 is 38.9. The fourth-order valence-corrected chi connectivity index (χ4v) is 1.99. The van der Waals surface area contributed by atoms with Gasteiger partial charge in [-0.15, -0.1) is 0 Å². The Bertz CT molecular complexity index is 477. The molecule has 0 radical (unpaired) electrons. The number of halogens is 4. The maximum Gasteiger partial charge on any atom is 0.417 e. The van der Waals surface area contributed by atoms with Crippen LogP contribution in [0.4, 0.5) is 13.2 Å². The zero-order valence-corrected chi connectivity index (χ0v) is 12.4. The molecule has 7 heteroatoms. The Hall–Kier alpha value is -1.08. The maximum absolute atomic E-state index is 12.9. The minimum atomic E-state index is -4.59. The first-order valence-corrected chi connectivity index (χ1v) is 6.80. The Balaban J connectivity index is 2.88. The summed E-state index contributed by atoms with van der Waals surface area (Å²) in [6, 6.07) is 3.41. The standard InChI is InChI=1S/C13H15BrF3NO2/c1-8(4-5-19)7-18-12(20)10-3-2-9(14)6-11(10)13(15,16)17/h2-3,6,8,19H,4-5,7H2,1H3,(H,18,20). The monoisotopic (exact) mass is 353 g/mol.